The molecule has 4 unspecified atom stereocenters. The summed E-state index contributed by atoms with van der Waals surface area (Å²) in [5.74, 6) is -3.38. The monoisotopic (exact) mass is 1060 g/mol. The molecule has 0 amide bonds. The van der Waals surface area contributed by atoms with Gasteiger partial charge >= 0.3 is 11.9 Å². The van der Waals surface area contributed by atoms with E-state index in [0.29, 0.717) is 12.8 Å². The van der Waals surface area contributed by atoms with Crippen LogP contribution in [0.4, 0.5) is 52.8 Å². The van der Waals surface area contributed by atoms with Gasteiger partial charge in [-0.15, -0.1) is 0 Å². The Morgan fingerprint density at radius 2 is 1.01 bits per heavy atom. The summed E-state index contributed by atoms with van der Waals surface area (Å²) in [6, 6.07) is 13.2. The van der Waals surface area contributed by atoms with E-state index >= 15 is 0 Å². The van der Waals surface area contributed by atoms with Crippen molar-refractivity contribution in [1.82, 2.24) is 29.9 Å². The van der Waals surface area contributed by atoms with Gasteiger partial charge in [0.1, 0.15) is 9.79 Å². The van der Waals surface area contributed by atoms with Crippen molar-refractivity contribution in [2.75, 3.05) is 57.2 Å². The van der Waals surface area contributed by atoms with Crippen LogP contribution >= 0.6 is 0 Å². The number of anilines is 9. The quantitative estimate of drug-likeness (QED) is 0.0308. The summed E-state index contributed by atoms with van der Waals surface area (Å²) in [4.78, 5) is 51.9. The molecular weight excluding hydrogens is 1010 g/mol. The Morgan fingerprint density at radius 3 is 1.42 bits per heavy atom. The van der Waals surface area contributed by atoms with Crippen LogP contribution in [0.3, 0.4) is 0 Å². The number of para-hydroxylation sites is 1. The van der Waals surface area contributed by atoms with E-state index in [1.54, 1.807) is 12.1 Å². The molecule has 4 atom stereocenters. The fourth-order valence-corrected chi connectivity index (χ4v) is 8.82. The summed E-state index contributed by atoms with van der Waals surface area (Å²) in [5, 5.41) is 72.0. The standard InChI is InChI=1S/C46H54N12O14S2/c1-25(59)21-57(22-26(2)60)45-53-41(51-43(55-45)49-35-11-7-5-9-33(35)39(63)64)47-31-17-15-29(37(19-31)73(67,68)69)13-14-30-16-18-32(20-38(30)74(70,71)72)48-42-52-44(50-36-12-8-6-10-34(36)40(65)66)56-46(54-42)58(23-27(3)61)24-28(4)62/h5-7,9-11,13-20,25-28,59-62H,8,12,21-24H2,1-4H3,(H,63,64)(H,65,66)(H,67,68,69)(H,70,71,72)(H2,47,49,51,53,55)(H2,48,50,52,54,56)/b14-13+. The summed E-state index contributed by atoms with van der Waals surface area (Å²) < 4.78 is 72.3. The second-order valence-electron chi connectivity index (χ2n) is 17.0. The first-order valence-electron chi connectivity index (χ1n) is 22.5. The highest BCUT2D eigenvalue weighted by Crippen LogP contribution is 2.30. The van der Waals surface area contributed by atoms with Gasteiger partial charge in [0.05, 0.1) is 41.2 Å². The Balaban J connectivity index is 1.35. The zero-order valence-corrected chi connectivity index (χ0v) is 41.7. The first-order chi connectivity index (χ1) is 34.8. The van der Waals surface area contributed by atoms with Gasteiger partial charge in [0.15, 0.2) is 0 Å². The lowest BCUT2D eigenvalue weighted by Gasteiger charge is -2.26. The van der Waals surface area contributed by atoms with Gasteiger partial charge in [0.25, 0.3) is 20.2 Å². The summed E-state index contributed by atoms with van der Waals surface area (Å²) in [7, 11) is -10.1. The Bertz CT molecular complexity index is 3190. The maximum atomic E-state index is 12.9. The number of aromatic carboxylic acids is 1. The molecule has 3 aromatic carbocycles. The fraction of sp³-hybridized carbons (Fsp3) is 0.304. The van der Waals surface area contributed by atoms with E-state index in [9.17, 15) is 66.2 Å². The van der Waals surface area contributed by atoms with Gasteiger partial charge in [-0.05, 0) is 94.1 Å². The Kier molecular flexibility index (Phi) is 18.0. The largest absolute Gasteiger partial charge is 0.478 e. The molecule has 394 valence electrons. The second-order valence-corrected chi connectivity index (χ2v) is 19.8. The van der Waals surface area contributed by atoms with E-state index in [2.05, 4.69) is 51.2 Å². The predicted molar refractivity (Wildman–Crippen MR) is 272 cm³/mol. The highest BCUT2D eigenvalue weighted by atomic mass is 32.2. The lowest BCUT2D eigenvalue weighted by Crippen LogP contribution is -2.37. The molecule has 2 aromatic heterocycles. The number of aliphatic hydroxyl groups is 4. The lowest BCUT2D eigenvalue weighted by molar-refractivity contribution is -0.132. The van der Waals surface area contributed by atoms with E-state index < -0.39 is 66.4 Å². The normalized spacial score (nSPS) is 14.5. The minimum atomic E-state index is -5.03. The Labute approximate surface area is 424 Å². The van der Waals surface area contributed by atoms with Crippen molar-refractivity contribution in [1.29, 1.82) is 0 Å². The van der Waals surface area contributed by atoms with Crippen LogP contribution in [0.15, 0.2) is 93.9 Å². The average Bonchev–Trinajstić information content (AvgIpc) is 3.30. The van der Waals surface area contributed by atoms with Crippen LogP contribution in [0.1, 0.15) is 62.0 Å². The van der Waals surface area contributed by atoms with Gasteiger partial charge in [0.2, 0.25) is 35.7 Å². The molecule has 0 aliphatic heterocycles. The maximum Gasteiger partial charge on any atom is 0.337 e. The molecule has 6 rings (SSSR count). The zero-order chi connectivity index (χ0) is 54.1. The number of benzene rings is 3. The van der Waals surface area contributed by atoms with Gasteiger partial charge < -0.3 is 61.7 Å². The first-order valence-corrected chi connectivity index (χ1v) is 25.4. The first kappa shape index (κ1) is 55.6. The van der Waals surface area contributed by atoms with Crippen molar-refractivity contribution in [3.8, 4) is 0 Å². The van der Waals surface area contributed by atoms with Crippen LogP contribution in [-0.2, 0) is 25.0 Å². The van der Waals surface area contributed by atoms with Gasteiger partial charge in [-0.1, -0.05) is 42.5 Å². The van der Waals surface area contributed by atoms with Crippen molar-refractivity contribution < 1.29 is 66.2 Å². The highest BCUT2D eigenvalue weighted by molar-refractivity contribution is 7.86. The number of hydrogen-bond acceptors (Lipinski definition) is 22. The SMILES string of the molecule is CC(O)CN(CC(C)O)c1nc(NC2=C(C(=O)O)C=CCC2)nc(Nc2ccc(/C=C/c3ccc(Nc4nc(Nc5ccccc5C(=O)O)nc(N(CC(C)O)CC(C)O)n4)cc3S(=O)(=O)O)c(S(=O)(=O)O)c2)n1. The average molecular weight is 1060 g/mol. The Hall–Kier alpha value is -7.70. The van der Waals surface area contributed by atoms with Gasteiger partial charge in [-0.25, -0.2) is 9.59 Å². The van der Waals surface area contributed by atoms with E-state index in [1.165, 1.54) is 86.0 Å². The van der Waals surface area contributed by atoms with E-state index in [0.717, 1.165) is 24.3 Å². The smallest absolute Gasteiger partial charge is 0.337 e. The number of aliphatic hydroxyl groups excluding tert-OH is 4. The summed E-state index contributed by atoms with van der Waals surface area (Å²) in [5.41, 5.74) is -0.104. The number of nitrogens with zero attached hydrogens (tertiary/aromatic N) is 8. The summed E-state index contributed by atoms with van der Waals surface area (Å²) >= 11 is 0. The van der Waals surface area contributed by atoms with Crippen molar-refractivity contribution >= 4 is 97.1 Å². The van der Waals surface area contributed by atoms with Gasteiger partial charge in [0, 0.05) is 43.3 Å². The van der Waals surface area contributed by atoms with Crippen molar-refractivity contribution in [3.05, 3.63) is 101 Å². The molecule has 0 radical (unpaired) electrons. The number of nitrogens with one attached hydrogen (secondary N) is 4. The molecular formula is C46H54N12O14S2. The molecule has 1 aliphatic rings. The molecule has 0 spiro atoms. The second kappa shape index (κ2) is 23.9. The molecule has 0 bridgehead atoms. The molecule has 26 nitrogen and oxygen atoms in total. The third kappa shape index (κ3) is 15.4. The van der Waals surface area contributed by atoms with Crippen LogP contribution < -0.4 is 31.1 Å². The number of aromatic nitrogens is 6. The minimum Gasteiger partial charge on any atom is -0.478 e. The molecule has 0 saturated carbocycles. The number of allylic oxidation sites excluding steroid dienone is 2. The van der Waals surface area contributed by atoms with Crippen LogP contribution in [0.5, 0.6) is 0 Å². The summed E-state index contributed by atoms with van der Waals surface area (Å²) in [6.07, 6.45) is 2.54. The number of carboxylic acid groups (broad SMARTS) is 2. The molecule has 28 heteroatoms. The third-order valence-corrected chi connectivity index (χ3v) is 12.2. The van der Waals surface area contributed by atoms with Gasteiger partial charge in [-0.2, -0.15) is 46.7 Å². The van der Waals surface area contributed by atoms with Gasteiger partial charge in [-0.3, -0.25) is 9.11 Å². The van der Waals surface area contributed by atoms with E-state index in [-0.39, 0.29) is 107 Å². The molecule has 74 heavy (non-hydrogen) atoms. The maximum absolute atomic E-state index is 12.9. The van der Waals surface area contributed by atoms with Crippen molar-refractivity contribution in [3.63, 3.8) is 0 Å². The topological polar surface area (TPSA) is 396 Å². The van der Waals surface area contributed by atoms with Crippen molar-refractivity contribution in [2.45, 2.75) is 74.7 Å². The molecule has 0 fully saturated rings. The van der Waals surface area contributed by atoms with Crippen LogP contribution in [0.2, 0.25) is 0 Å². The van der Waals surface area contributed by atoms with Crippen LogP contribution in [0, 0.1) is 0 Å². The molecule has 12 N–H and O–H groups in total. The fourth-order valence-electron chi connectivity index (χ4n) is 7.40. The lowest BCUT2D eigenvalue weighted by atomic mass is 10.0. The summed E-state index contributed by atoms with van der Waals surface area (Å²) in [6.45, 7) is 5.79. The molecule has 5 aromatic rings. The number of hydrogen-bond donors (Lipinski definition) is 12. The highest BCUT2D eigenvalue weighted by Gasteiger charge is 2.24. The predicted octanol–water partition coefficient (Wildman–Crippen LogP) is 3.89. The third-order valence-electron chi connectivity index (χ3n) is 10.4. The number of carboxylic acids is 2. The van der Waals surface area contributed by atoms with Crippen LogP contribution in [0.25, 0.3) is 12.2 Å². The van der Waals surface area contributed by atoms with E-state index in [1.807, 2.05) is 0 Å². The molecule has 2 heterocycles. The number of aliphatic carboxylic acids is 1. The zero-order valence-electron chi connectivity index (χ0n) is 40.1. The number of rotatable bonds is 24. The van der Waals surface area contributed by atoms with E-state index in [4.69, 9.17) is 0 Å². The van der Waals surface area contributed by atoms with Crippen molar-refractivity contribution in [2.24, 2.45) is 0 Å². The van der Waals surface area contributed by atoms with Crippen LogP contribution in [-0.4, -0.2) is 149 Å². The molecule has 0 saturated heterocycles. The Morgan fingerprint density at radius 1 is 0.595 bits per heavy atom. The molecule has 1 aliphatic carbocycles. The number of carbonyl (C=O) groups is 2. The minimum absolute atomic E-state index is 0.00127.